The third kappa shape index (κ3) is 8.84. The van der Waals surface area contributed by atoms with Crippen LogP contribution in [0.4, 0.5) is 8.78 Å². The van der Waals surface area contributed by atoms with Crippen LogP contribution in [-0.4, -0.2) is 35.9 Å². The molecule has 0 aromatic heterocycles. The Kier molecular flexibility index (Phi) is 12.3. The maximum absolute atomic E-state index is 13.8. The van der Waals surface area contributed by atoms with Gasteiger partial charge in [-0.25, -0.2) is 8.78 Å². The molecule has 4 atom stereocenters. The molecule has 0 spiro atoms. The quantitative estimate of drug-likeness (QED) is 0.355. The third-order valence-electron chi connectivity index (χ3n) is 7.02. The van der Waals surface area contributed by atoms with Crippen molar-refractivity contribution in [2.45, 2.75) is 103 Å². The Labute approximate surface area is 206 Å². The standard InChI is InChI=1S/C28H39F2N.C2H3N/c1-4-26(31(21(2)3)19-18-22-8-6-5-7-9-22)16-12-23-10-13-24(14-11-23)25-15-17-27(29)28(30)20-25;1-2-3/h5-11,13-14,21,25-28H,4,12,15-20H2,1-3H3;1H3. The van der Waals surface area contributed by atoms with Gasteiger partial charge in [0, 0.05) is 25.6 Å². The fourth-order valence-electron chi connectivity index (χ4n) is 5.04. The van der Waals surface area contributed by atoms with Crippen LogP contribution < -0.4 is 0 Å². The number of benzene rings is 2. The van der Waals surface area contributed by atoms with Crippen molar-refractivity contribution in [3.8, 4) is 6.07 Å². The minimum atomic E-state index is -1.30. The molecule has 0 saturated heterocycles. The average molecular weight is 469 g/mol. The summed E-state index contributed by atoms with van der Waals surface area (Å²) in [5.74, 6) is 0.161. The second-order valence-electron chi connectivity index (χ2n) is 9.68. The number of hydrogen-bond acceptors (Lipinski definition) is 2. The van der Waals surface area contributed by atoms with Gasteiger partial charge in [0.15, 0.2) is 0 Å². The number of alkyl halides is 2. The minimum Gasteiger partial charge on any atom is -0.298 e. The highest BCUT2D eigenvalue weighted by Crippen LogP contribution is 2.36. The Bertz CT molecular complexity index is 844. The molecule has 34 heavy (non-hydrogen) atoms. The molecule has 1 aliphatic rings. The monoisotopic (exact) mass is 468 g/mol. The molecule has 0 heterocycles. The van der Waals surface area contributed by atoms with Gasteiger partial charge in [-0.1, -0.05) is 61.5 Å². The van der Waals surface area contributed by atoms with Crippen LogP contribution in [-0.2, 0) is 12.8 Å². The number of nitriles is 1. The Morgan fingerprint density at radius 2 is 1.56 bits per heavy atom. The topological polar surface area (TPSA) is 27.0 Å². The molecule has 4 unspecified atom stereocenters. The minimum absolute atomic E-state index is 0.161. The van der Waals surface area contributed by atoms with Gasteiger partial charge in [-0.05, 0) is 81.4 Å². The predicted molar refractivity (Wildman–Crippen MR) is 139 cm³/mol. The average Bonchev–Trinajstić information content (AvgIpc) is 2.84. The van der Waals surface area contributed by atoms with E-state index in [-0.39, 0.29) is 5.92 Å². The van der Waals surface area contributed by atoms with Crippen LogP contribution in [0.25, 0.3) is 0 Å². The van der Waals surface area contributed by atoms with Crippen LogP contribution in [0.2, 0.25) is 0 Å². The van der Waals surface area contributed by atoms with Crippen LogP contribution in [0.15, 0.2) is 54.6 Å². The summed E-state index contributed by atoms with van der Waals surface area (Å²) in [5.41, 5.74) is 3.90. The van der Waals surface area contributed by atoms with Crippen molar-refractivity contribution in [2.24, 2.45) is 0 Å². The highest BCUT2D eigenvalue weighted by atomic mass is 19.2. The zero-order valence-electron chi connectivity index (χ0n) is 21.4. The molecular weight excluding hydrogens is 426 g/mol. The normalized spacial score (nSPS) is 21.0. The summed E-state index contributed by atoms with van der Waals surface area (Å²) in [6.45, 7) is 9.40. The van der Waals surface area contributed by atoms with Gasteiger partial charge >= 0.3 is 0 Å². The van der Waals surface area contributed by atoms with E-state index < -0.39 is 12.3 Å². The molecule has 0 N–H and O–H groups in total. The van der Waals surface area contributed by atoms with Crippen molar-refractivity contribution >= 4 is 0 Å². The van der Waals surface area contributed by atoms with Crippen molar-refractivity contribution in [1.29, 1.82) is 5.26 Å². The van der Waals surface area contributed by atoms with Crippen LogP contribution in [0.1, 0.15) is 82.4 Å². The lowest BCUT2D eigenvalue weighted by Crippen LogP contribution is -2.41. The molecule has 0 aliphatic heterocycles. The van der Waals surface area contributed by atoms with E-state index in [2.05, 4.69) is 80.3 Å². The fraction of sp³-hybridized carbons (Fsp3) is 0.567. The second kappa shape index (κ2) is 14.9. The molecule has 0 bridgehead atoms. The Morgan fingerprint density at radius 1 is 0.941 bits per heavy atom. The molecule has 1 aliphatic carbocycles. The second-order valence-corrected chi connectivity index (χ2v) is 9.68. The summed E-state index contributed by atoms with van der Waals surface area (Å²) < 4.78 is 27.2. The van der Waals surface area contributed by atoms with E-state index in [0.29, 0.717) is 24.9 Å². The van der Waals surface area contributed by atoms with Gasteiger partial charge in [0.1, 0.15) is 12.3 Å². The van der Waals surface area contributed by atoms with Crippen LogP contribution in [0.5, 0.6) is 0 Å². The molecule has 3 rings (SSSR count). The van der Waals surface area contributed by atoms with Crippen molar-refractivity contribution in [3.63, 3.8) is 0 Å². The Balaban J connectivity index is 0.00000129. The third-order valence-corrected chi connectivity index (χ3v) is 7.02. The van der Waals surface area contributed by atoms with E-state index >= 15 is 0 Å². The number of halogens is 2. The van der Waals surface area contributed by atoms with Crippen molar-refractivity contribution < 1.29 is 8.78 Å². The first-order chi connectivity index (χ1) is 16.4. The summed E-state index contributed by atoms with van der Waals surface area (Å²) in [6, 6.07) is 22.3. The summed E-state index contributed by atoms with van der Waals surface area (Å²) in [7, 11) is 0. The first kappa shape index (κ1) is 28.0. The molecule has 2 aromatic carbocycles. The molecule has 4 heteroatoms. The van der Waals surface area contributed by atoms with Crippen molar-refractivity contribution in [3.05, 3.63) is 71.3 Å². The van der Waals surface area contributed by atoms with E-state index in [1.165, 1.54) is 18.1 Å². The lowest BCUT2D eigenvalue weighted by Gasteiger charge is -2.35. The van der Waals surface area contributed by atoms with Crippen LogP contribution in [0, 0.1) is 11.3 Å². The Hall–Kier alpha value is -2.25. The lowest BCUT2D eigenvalue weighted by molar-refractivity contribution is 0.108. The molecule has 0 amide bonds. The van der Waals surface area contributed by atoms with Gasteiger partial charge in [0.2, 0.25) is 0 Å². The highest BCUT2D eigenvalue weighted by molar-refractivity contribution is 5.26. The number of rotatable bonds is 10. The molecule has 186 valence electrons. The van der Waals surface area contributed by atoms with Crippen LogP contribution in [0.3, 0.4) is 0 Å². The van der Waals surface area contributed by atoms with Gasteiger partial charge in [0.05, 0.1) is 6.07 Å². The summed E-state index contributed by atoms with van der Waals surface area (Å²) in [6.07, 6.45) is 3.27. The maximum Gasteiger partial charge on any atom is 0.132 e. The summed E-state index contributed by atoms with van der Waals surface area (Å²) in [4.78, 5) is 2.65. The molecule has 2 nitrogen and oxygen atoms in total. The SMILES string of the molecule is CC#N.CCC(CCc1ccc(C2CCC(F)C(F)C2)cc1)N(CCc1ccccc1)C(C)C. The summed E-state index contributed by atoms with van der Waals surface area (Å²) in [5, 5.41) is 7.32. The maximum atomic E-state index is 13.8. The zero-order valence-corrected chi connectivity index (χ0v) is 21.4. The molecule has 2 aromatic rings. The smallest absolute Gasteiger partial charge is 0.132 e. The van der Waals surface area contributed by atoms with E-state index in [1.54, 1.807) is 6.07 Å². The van der Waals surface area contributed by atoms with Gasteiger partial charge in [-0.2, -0.15) is 5.26 Å². The molecule has 0 radical (unpaired) electrons. The van der Waals surface area contributed by atoms with Gasteiger partial charge < -0.3 is 0 Å². The van der Waals surface area contributed by atoms with E-state index in [0.717, 1.165) is 44.2 Å². The first-order valence-electron chi connectivity index (χ1n) is 12.9. The first-order valence-corrected chi connectivity index (χ1v) is 12.9. The number of nitrogens with zero attached hydrogens (tertiary/aromatic N) is 2. The largest absolute Gasteiger partial charge is 0.298 e. The van der Waals surface area contributed by atoms with Gasteiger partial charge in [-0.3, -0.25) is 4.90 Å². The number of aryl methyl sites for hydroxylation is 1. The number of hydrogen-bond donors (Lipinski definition) is 0. The zero-order chi connectivity index (χ0) is 24.9. The van der Waals surface area contributed by atoms with Crippen LogP contribution >= 0.6 is 0 Å². The van der Waals surface area contributed by atoms with E-state index in [9.17, 15) is 8.78 Å². The lowest BCUT2D eigenvalue weighted by atomic mass is 9.82. The highest BCUT2D eigenvalue weighted by Gasteiger charge is 2.31. The van der Waals surface area contributed by atoms with Crippen molar-refractivity contribution in [2.75, 3.05) is 6.54 Å². The van der Waals surface area contributed by atoms with Gasteiger partial charge in [-0.15, -0.1) is 0 Å². The molecular formula is C30H42F2N2. The molecule has 1 saturated carbocycles. The van der Waals surface area contributed by atoms with E-state index in [4.69, 9.17) is 5.26 Å². The molecule has 1 fully saturated rings. The summed E-state index contributed by atoms with van der Waals surface area (Å²) >= 11 is 0. The Morgan fingerprint density at radius 3 is 2.12 bits per heavy atom. The van der Waals surface area contributed by atoms with Gasteiger partial charge in [0.25, 0.3) is 0 Å². The fourth-order valence-corrected chi connectivity index (χ4v) is 5.04. The van der Waals surface area contributed by atoms with Crippen molar-refractivity contribution in [1.82, 2.24) is 4.90 Å². The van der Waals surface area contributed by atoms with E-state index in [1.807, 2.05) is 0 Å². The predicted octanol–water partition coefficient (Wildman–Crippen LogP) is 7.82.